The molecule has 5 nitrogen and oxygen atoms in total. The second-order valence-corrected chi connectivity index (χ2v) is 4.67. The molecule has 2 rings (SSSR count). The van der Waals surface area contributed by atoms with Crippen LogP contribution in [-0.4, -0.2) is 37.1 Å². The maximum atomic E-state index is 12.2. The predicted molar refractivity (Wildman–Crippen MR) is 73.8 cm³/mol. The zero-order chi connectivity index (χ0) is 13.7. The molecule has 1 fully saturated rings. The minimum absolute atomic E-state index is 0.0900. The molecule has 1 heterocycles. The van der Waals surface area contributed by atoms with E-state index < -0.39 is 0 Å². The summed E-state index contributed by atoms with van der Waals surface area (Å²) in [7, 11) is 1.89. The fourth-order valence-electron chi connectivity index (χ4n) is 2.41. The van der Waals surface area contributed by atoms with E-state index in [1.165, 1.54) is 0 Å². The summed E-state index contributed by atoms with van der Waals surface area (Å²) in [6.07, 6.45) is 2.07. The van der Waals surface area contributed by atoms with Crippen LogP contribution in [-0.2, 0) is 0 Å². The molecule has 2 N–H and O–H groups in total. The lowest BCUT2D eigenvalue weighted by atomic mass is 10.2. The predicted octanol–water partition coefficient (Wildman–Crippen LogP) is 1.77. The molecule has 1 aromatic rings. The van der Waals surface area contributed by atoms with E-state index in [2.05, 4.69) is 16.7 Å². The number of rotatable bonds is 3. The van der Waals surface area contributed by atoms with E-state index >= 15 is 0 Å². The van der Waals surface area contributed by atoms with Crippen LogP contribution in [0.1, 0.15) is 18.4 Å². The van der Waals surface area contributed by atoms with Gasteiger partial charge in [-0.1, -0.05) is 6.07 Å². The number of amides is 2. The molecule has 5 heteroatoms. The molecular formula is C14H18N4O. The summed E-state index contributed by atoms with van der Waals surface area (Å²) in [6, 6.07) is 9.19. The van der Waals surface area contributed by atoms with Crippen molar-refractivity contribution in [3.8, 4) is 6.07 Å². The standard InChI is InChI=1S/C14H18N4O/c1-16-10-13-6-3-7-18(13)14(19)17-12-5-2-4-11(8-12)9-15/h2,4-5,8,13,16H,3,6-7,10H2,1H3,(H,17,19). The van der Waals surface area contributed by atoms with Crippen molar-refractivity contribution in [1.29, 1.82) is 5.26 Å². The van der Waals surface area contributed by atoms with Crippen LogP contribution in [0.25, 0.3) is 0 Å². The molecule has 0 saturated carbocycles. The van der Waals surface area contributed by atoms with Gasteiger partial charge in [-0.2, -0.15) is 5.26 Å². The third kappa shape index (κ3) is 3.24. The van der Waals surface area contributed by atoms with Gasteiger partial charge in [-0.15, -0.1) is 0 Å². The Morgan fingerprint density at radius 3 is 3.16 bits per heavy atom. The summed E-state index contributed by atoms with van der Waals surface area (Å²) in [4.78, 5) is 14.1. The molecule has 1 saturated heterocycles. The maximum Gasteiger partial charge on any atom is 0.322 e. The number of anilines is 1. The number of nitrogens with zero attached hydrogens (tertiary/aromatic N) is 2. The number of nitriles is 1. The lowest BCUT2D eigenvalue weighted by Crippen LogP contribution is -2.43. The average Bonchev–Trinajstić information content (AvgIpc) is 2.88. The van der Waals surface area contributed by atoms with Crippen molar-refractivity contribution in [2.24, 2.45) is 0 Å². The van der Waals surface area contributed by atoms with Crippen LogP contribution < -0.4 is 10.6 Å². The Morgan fingerprint density at radius 2 is 2.42 bits per heavy atom. The molecule has 0 aromatic heterocycles. The quantitative estimate of drug-likeness (QED) is 0.868. The van der Waals surface area contributed by atoms with E-state index in [9.17, 15) is 4.79 Å². The van der Waals surface area contributed by atoms with Crippen molar-refractivity contribution in [3.05, 3.63) is 29.8 Å². The van der Waals surface area contributed by atoms with Gasteiger partial charge in [0.15, 0.2) is 0 Å². The Hall–Kier alpha value is -2.06. The highest BCUT2D eigenvalue weighted by Gasteiger charge is 2.27. The summed E-state index contributed by atoms with van der Waals surface area (Å²) < 4.78 is 0. The lowest BCUT2D eigenvalue weighted by Gasteiger charge is -2.24. The number of carbonyl (C=O) groups excluding carboxylic acids is 1. The third-order valence-electron chi connectivity index (χ3n) is 3.32. The summed E-state index contributed by atoms with van der Waals surface area (Å²) >= 11 is 0. The summed E-state index contributed by atoms with van der Waals surface area (Å²) in [5.74, 6) is 0. The molecule has 0 spiro atoms. The van der Waals surface area contributed by atoms with Crippen molar-refractivity contribution >= 4 is 11.7 Å². The van der Waals surface area contributed by atoms with Gasteiger partial charge in [0.05, 0.1) is 11.6 Å². The van der Waals surface area contributed by atoms with E-state index in [-0.39, 0.29) is 12.1 Å². The highest BCUT2D eigenvalue weighted by molar-refractivity contribution is 5.89. The molecule has 2 amide bonds. The van der Waals surface area contributed by atoms with Crippen LogP contribution in [0.2, 0.25) is 0 Å². The van der Waals surface area contributed by atoms with Gasteiger partial charge in [0.25, 0.3) is 0 Å². The first kappa shape index (κ1) is 13.4. The van der Waals surface area contributed by atoms with Crippen molar-refractivity contribution in [2.75, 3.05) is 25.5 Å². The Labute approximate surface area is 113 Å². The van der Waals surface area contributed by atoms with Gasteiger partial charge in [-0.25, -0.2) is 4.79 Å². The first-order valence-electron chi connectivity index (χ1n) is 6.47. The summed E-state index contributed by atoms with van der Waals surface area (Å²) in [5, 5.41) is 14.8. The molecule has 0 aliphatic carbocycles. The van der Waals surface area contributed by atoms with Gasteiger partial charge in [0.2, 0.25) is 0 Å². The number of benzene rings is 1. The zero-order valence-corrected chi connectivity index (χ0v) is 11.0. The SMILES string of the molecule is CNCC1CCCN1C(=O)Nc1cccc(C#N)c1. The minimum Gasteiger partial charge on any atom is -0.320 e. The first-order chi connectivity index (χ1) is 9.24. The van der Waals surface area contributed by atoms with E-state index in [0.717, 1.165) is 25.9 Å². The smallest absolute Gasteiger partial charge is 0.320 e. The molecule has 1 aliphatic heterocycles. The average molecular weight is 258 g/mol. The molecule has 19 heavy (non-hydrogen) atoms. The van der Waals surface area contributed by atoms with Crippen molar-refractivity contribution < 1.29 is 4.79 Å². The van der Waals surface area contributed by atoms with E-state index in [1.807, 2.05) is 11.9 Å². The fourth-order valence-corrected chi connectivity index (χ4v) is 2.41. The van der Waals surface area contributed by atoms with Gasteiger partial charge in [-0.05, 0) is 38.1 Å². The number of likely N-dealkylation sites (tertiary alicyclic amines) is 1. The molecule has 1 aliphatic rings. The van der Waals surface area contributed by atoms with Gasteiger partial charge in [0.1, 0.15) is 0 Å². The zero-order valence-electron chi connectivity index (χ0n) is 11.0. The molecule has 1 atom stereocenters. The second kappa shape index (κ2) is 6.21. The number of hydrogen-bond donors (Lipinski definition) is 2. The van der Waals surface area contributed by atoms with E-state index in [1.54, 1.807) is 24.3 Å². The van der Waals surface area contributed by atoms with Crippen LogP contribution in [0.3, 0.4) is 0 Å². The number of urea groups is 1. The number of nitrogens with one attached hydrogen (secondary N) is 2. The maximum absolute atomic E-state index is 12.2. The molecule has 0 bridgehead atoms. The number of likely N-dealkylation sites (N-methyl/N-ethyl adjacent to an activating group) is 1. The molecule has 1 unspecified atom stereocenters. The van der Waals surface area contributed by atoms with Crippen molar-refractivity contribution in [3.63, 3.8) is 0 Å². The van der Waals surface area contributed by atoms with Gasteiger partial charge in [-0.3, -0.25) is 0 Å². The van der Waals surface area contributed by atoms with Crippen LogP contribution in [0.4, 0.5) is 10.5 Å². The number of carbonyl (C=O) groups is 1. The fraction of sp³-hybridized carbons (Fsp3) is 0.429. The normalized spacial score (nSPS) is 18.1. The van der Waals surface area contributed by atoms with Gasteiger partial charge in [0, 0.05) is 24.8 Å². The highest BCUT2D eigenvalue weighted by atomic mass is 16.2. The Morgan fingerprint density at radius 1 is 1.58 bits per heavy atom. The van der Waals surface area contributed by atoms with Crippen molar-refractivity contribution in [1.82, 2.24) is 10.2 Å². The summed E-state index contributed by atoms with van der Waals surface area (Å²) in [6.45, 7) is 1.60. The molecule has 1 aromatic carbocycles. The Balaban J connectivity index is 2.02. The monoisotopic (exact) mass is 258 g/mol. The largest absolute Gasteiger partial charge is 0.322 e. The molecule has 0 radical (unpaired) electrons. The first-order valence-corrected chi connectivity index (χ1v) is 6.47. The van der Waals surface area contributed by atoms with E-state index in [0.29, 0.717) is 11.3 Å². The Bertz CT molecular complexity index is 494. The van der Waals surface area contributed by atoms with Crippen LogP contribution in [0.15, 0.2) is 24.3 Å². The minimum atomic E-state index is -0.0900. The lowest BCUT2D eigenvalue weighted by molar-refractivity contribution is 0.206. The van der Waals surface area contributed by atoms with Crippen LogP contribution in [0, 0.1) is 11.3 Å². The molecule has 100 valence electrons. The number of hydrogen-bond acceptors (Lipinski definition) is 3. The third-order valence-corrected chi connectivity index (χ3v) is 3.32. The highest BCUT2D eigenvalue weighted by Crippen LogP contribution is 2.18. The molecular weight excluding hydrogens is 240 g/mol. The van der Waals surface area contributed by atoms with Crippen LogP contribution in [0.5, 0.6) is 0 Å². The van der Waals surface area contributed by atoms with Crippen LogP contribution >= 0.6 is 0 Å². The van der Waals surface area contributed by atoms with Crippen molar-refractivity contribution in [2.45, 2.75) is 18.9 Å². The Kier molecular flexibility index (Phi) is 4.37. The summed E-state index contributed by atoms with van der Waals surface area (Å²) in [5.41, 5.74) is 1.21. The van der Waals surface area contributed by atoms with Gasteiger partial charge < -0.3 is 15.5 Å². The van der Waals surface area contributed by atoms with E-state index in [4.69, 9.17) is 5.26 Å². The van der Waals surface area contributed by atoms with Gasteiger partial charge >= 0.3 is 6.03 Å². The topological polar surface area (TPSA) is 68.2 Å². The second-order valence-electron chi connectivity index (χ2n) is 4.67.